The molecule has 3 aliphatic rings. The first-order valence-corrected chi connectivity index (χ1v) is 9.13. The summed E-state index contributed by atoms with van der Waals surface area (Å²) in [5.74, 6) is 0.303. The summed E-state index contributed by atoms with van der Waals surface area (Å²) in [6, 6.07) is 0. The highest BCUT2D eigenvalue weighted by Crippen LogP contribution is 2.47. The molecule has 0 aromatic heterocycles. The maximum absolute atomic E-state index is 11.0. The molecule has 1 heterocycles. The zero-order valence-electron chi connectivity index (χ0n) is 13.7. The van der Waals surface area contributed by atoms with Crippen molar-refractivity contribution < 1.29 is 14.6 Å². The van der Waals surface area contributed by atoms with Crippen LogP contribution < -0.4 is 0 Å². The fraction of sp³-hybridized carbons (Fsp3) is 1.00. The van der Waals surface area contributed by atoms with Crippen LogP contribution in [0.25, 0.3) is 0 Å². The first-order valence-electron chi connectivity index (χ1n) is 9.13. The van der Waals surface area contributed by atoms with E-state index in [0.29, 0.717) is 11.8 Å². The standard InChI is InChI=1S/C18H32O3/c1-13-10-14(2)21-18(20-13)12-15-8-6-4-3-5-7-9-16(11-15)17(18)19/h13-17,19H,3-12H2,1-2H3/t13-,14-,15-,16+,17-/m1/s1. The van der Waals surface area contributed by atoms with Crippen LogP contribution in [0, 0.1) is 11.8 Å². The number of ether oxygens (including phenoxy) is 2. The van der Waals surface area contributed by atoms with Gasteiger partial charge in [0.2, 0.25) is 0 Å². The summed E-state index contributed by atoms with van der Waals surface area (Å²) in [5.41, 5.74) is 0. The van der Waals surface area contributed by atoms with Crippen LogP contribution in [0.4, 0.5) is 0 Å². The van der Waals surface area contributed by atoms with E-state index in [0.717, 1.165) is 19.3 Å². The first-order chi connectivity index (χ1) is 10.1. The molecule has 0 aromatic rings. The molecule has 0 aromatic carbocycles. The molecule has 3 rings (SSSR count). The lowest BCUT2D eigenvalue weighted by molar-refractivity contribution is -0.368. The Bertz CT molecular complexity index is 333. The van der Waals surface area contributed by atoms with Crippen molar-refractivity contribution in [1.82, 2.24) is 0 Å². The van der Waals surface area contributed by atoms with Crippen LogP contribution in [0.1, 0.15) is 78.1 Å². The maximum Gasteiger partial charge on any atom is 0.195 e. The molecule has 1 N–H and O–H groups in total. The highest BCUT2D eigenvalue weighted by molar-refractivity contribution is 4.96. The molecule has 0 radical (unpaired) electrons. The summed E-state index contributed by atoms with van der Waals surface area (Å²) in [4.78, 5) is 0. The smallest absolute Gasteiger partial charge is 0.195 e. The number of rotatable bonds is 0. The van der Waals surface area contributed by atoms with E-state index in [1.165, 1.54) is 44.9 Å². The van der Waals surface area contributed by atoms with E-state index in [-0.39, 0.29) is 12.2 Å². The number of aliphatic hydroxyl groups is 1. The second kappa shape index (κ2) is 6.55. The van der Waals surface area contributed by atoms with E-state index >= 15 is 0 Å². The molecule has 0 unspecified atom stereocenters. The Morgan fingerprint density at radius 1 is 0.857 bits per heavy atom. The van der Waals surface area contributed by atoms with Gasteiger partial charge in [0.15, 0.2) is 5.79 Å². The van der Waals surface area contributed by atoms with Crippen molar-refractivity contribution in [1.29, 1.82) is 0 Å². The highest BCUT2D eigenvalue weighted by atomic mass is 16.7. The maximum atomic E-state index is 11.0. The van der Waals surface area contributed by atoms with Gasteiger partial charge in [-0.1, -0.05) is 38.5 Å². The number of hydrogen-bond donors (Lipinski definition) is 1. The van der Waals surface area contributed by atoms with Crippen LogP contribution in [-0.2, 0) is 9.47 Å². The van der Waals surface area contributed by atoms with Crippen molar-refractivity contribution in [3.8, 4) is 0 Å². The summed E-state index contributed by atoms with van der Waals surface area (Å²) in [5, 5.41) is 11.0. The predicted octanol–water partition coefficient (Wildman–Crippen LogP) is 4.03. The molecule has 2 aliphatic carbocycles. The van der Waals surface area contributed by atoms with Gasteiger partial charge in [0.05, 0.1) is 12.2 Å². The monoisotopic (exact) mass is 296 g/mol. The molecule has 122 valence electrons. The Hall–Kier alpha value is -0.120. The van der Waals surface area contributed by atoms with E-state index < -0.39 is 11.9 Å². The molecule has 3 heteroatoms. The van der Waals surface area contributed by atoms with Gasteiger partial charge in [0.1, 0.15) is 6.10 Å². The van der Waals surface area contributed by atoms with Gasteiger partial charge in [-0.25, -0.2) is 0 Å². The van der Waals surface area contributed by atoms with Crippen molar-refractivity contribution in [2.24, 2.45) is 11.8 Å². The summed E-state index contributed by atoms with van der Waals surface area (Å²) in [6.45, 7) is 4.24. The van der Waals surface area contributed by atoms with Crippen LogP contribution in [0.3, 0.4) is 0 Å². The minimum Gasteiger partial charge on any atom is -0.387 e. The molecule has 1 saturated heterocycles. The molecular formula is C18H32O3. The Kier molecular flexibility index (Phi) is 4.92. The van der Waals surface area contributed by atoms with Crippen LogP contribution in [0.2, 0.25) is 0 Å². The average Bonchev–Trinajstić information content (AvgIpc) is 2.42. The molecular weight excluding hydrogens is 264 g/mol. The molecule has 2 bridgehead atoms. The van der Waals surface area contributed by atoms with Gasteiger partial charge in [-0.15, -0.1) is 0 Å². The Labute approximate surface area is 129 Å². The van der Waals surface area contributed by atoms with Crippen molar-refractivity contribution in [2.45, 2.75) is 102 Å². The Morgan fingerprint density at radius 3 is 2.19 bits per heavy atom. The van der Waals surface area contributed by atoms with E-state index in [4.69, 9.17) is 9.47 Å². The van der Waals surface area contributed by atoms with E-state index in [1.54, 1.807) is 0 Å². The largest absolute Gasteiger partial charge is 0.387 e. The topological polar surface area (TPSA) is 38.7 Å². The minimum absolute atomic E-state index is 0.190. The average molecular weight is 296 g/mol. The Balaban J connectivity index is 1.79. The molecule has 5 atom stereocenters. The van der Waals surface area contributed by atoms with E-state index in [1.807, 2.05) is 0 Å². The molecule has 21 heavy (non-hydrogen) atoms. The summed E-state index contributed by atoms with van der Waals surface area (Å²) in [6.07, 6.45) is 12.0. The van der Waals surface area contributed by atoms with Crippen molar-refractivity contribution in [3.63, 3.8) is 0 Å². The predicted molar refractivity (Wildman–Crippen MR) is 83.0 cm³/mol. The molecule has 2 saturated carbocycles. The normalized spacial score (nSPS) is 49.0. The van der Waals surface area contributed by atoms with Crippen LogP contribution in [-0.4, -0.2) is 29.2 Å². The van der Waals surface area contributed by atoms with Gasteiger partial charge in [-0.05, 0) is 44.9 Å². The van der Waals surface area contributed by atoms with Gasteiger partial charge in [0, 0.05) is 6.42 Å². The third kappa shape index (κ3) is 3.46. The van der Waals surface area contributed by atoms with Crippen molar-refractivity contribution in [2.75, 3.05) is 0 Å². The molecule has 3 nitrogen and oxygen atoms in total. The van der Waals surface area contributed by atoms with Crippen molar-refractivity contribution in [3.05, 3.63) is 0 Å². The molecule has 1 spiro atoms. The van der Waals surface area contributed by atoms with Gasteiger partial charge in [0.25, 0.3) is 0 Å². The van der Waals surface area contributed by atoms with E-state index in [2.05, 4.69) is 13.8 Å². The summed E-state index contributed by atoms with van der Waals surface area (Å²) >= 11 is 0. The first kappa shape index (κ1) is 15.8. The molecule has 3 fully saturated rings. The van der Waals surface area contributed by atoms with Gasteiger partial charge < -0.3 is 14.6 Å². The van der Waals surface area contributed by atoms with Gasteiger partial charge >= 0.3 is 0 Å². The van der Waals surface area contributed by atoms with Crippen LogP contribution >= 0.6 is 0 Å². The number of hydrogen-bond acceptors (Lipinski definition) is 3. The zero-order valence-corrected chi connectivity index (χ0v) is 13.7. The fourth-order valence-electron chi connectivity index (χ4n) is 4.90. The summed E-state index contributed by atoms with van der Waals surface area (Å²) in [7, 11) is 0. The highest BCUT2D eigenvalue weighted by Gasteiger charge is 2.53. The lowest BCUT2D eigenvalue weighted by Crippen LogP contribution is -2.60. The second-order valence-electron chi connectivity index (χ2n) is 7.76. The lowest BCUT2D eigenvalue weighted by atomic mass is 9.71. The van der Waals surface area contributed by atoms with Gasteiger partial charge in [-0.2, -0.15) is 0 Å². The number of fused-ring (bicyclic) bond motifs is 2. The molecule has 0 amide bonds. The SMILES string of the molecule is C[C@@H]1C[C@@H](C)OC2(C[C@@H]3CCCCCCC[C@@H](C3)[C@H]2O)O1. The van der Waals surface area contributed by atoms with Crippen LogP contribution in [0.5, 0.6) is 0 Å². The second-order valence-corrected chi connectivity index (χ2v) is 7.76. The third-order valence-electron chi connectivity index (χ3n) is 5.76. The van der Waals surface area contributed by atoms with Crippen molar-refractivity contribution >= 4 is 0 Å². The third-order valence-corrected chi connectivity index (χ3v) is 5.76. The summed E-state index contributed by atoms with van der Waals surface area (Å²) < 4.78 is 12.5. The lowest BCUT2D eigenvalue weighted by Gasteiger charge is -2.52. The van der Waals surface area contributed by atoms with E-state index in [9.17, 15) is 5.11 Å². The van der Waals surface area contributed by atoms with Crippen LogP contribution in [0.15, 0.2) is 0 Å². The minimum atomic E-state index is -0.718. The molecule has 1 aliphatic heterocycles. The Morgan fingerprint density at radius 2 is 1.48 bits per heavy atom. The zero-order chi connectivity index (χ0) is 14.9. The fourth-order valence-corrected chi connectivity index (χ4v) is 4.90. The number of aliphatic hydroxyl groups excluding tert-OH is 1. The quantitative estimate of drug-likeness (QED) is 0.733. The van der Waals surface area contributed by atoms with Gasteiger partial charge in [-0.3, -0.25) is 0 Å².